The highest BCUT2D eigenvalue weighted by Gasteiger charge is 2.31. The number of nitrogens with zero attached hydrogens (tertiary/aromatic N) is 2. The van der Waals surface area contributed by atoms with Gasteiger partial charge in [-0.3, -0.25) is 9.79 Å². The Morgan fingerprint density at radius 1 is 1.22 bits per heavy atom. The fourth-order valence-electron chi connectivity index (χ4n) is 4.48. The molecule has 1 unspecified atom stereocenters. The topological polar surface area (TPSA) is 77.0 Å². The van der Waals surface area contributed by atoms with Crippen molar-refractivity contribution in [3.8, 4) is 0 Å². The number of hydrogen-bond acceptors (Lipinski definition) is 3. The maximum Gasteiger partial charge on any atom is 0.224 e. The minimum atomic E-state index is 0.148. The lowest BCUT2D eigenvalue weighted by Crippen LogP contribution is -2.43. The summed E-state index contributed by atoms with van der Waals surface area (Å²) in [5.74, 6) is 1.65. The molecule has 27 heavy (non-hydrogen) atoms. The van der Waals surface area contributed by atoms with Crippen LogP contribution in [0.3, 0.4) is 0 Å². The third-order valence-electron chi connectivity index (χ3n) is 6.11. The van der Waals surface area contributed by atoms with E-state index in [4.69, 9.17) is 4.99 Å². The van der Waals surface area contributed by atoms with Gasteiger partial charge in [0.1, 0.15) is 0 Å². The highest BCUT2D eigenvalue weighted by atomic mass is 16.3. The number of amides is 1. The van der Waals surface area contributed by atoms with E-state index in [2.05, 4.69) is 24.5 Å². The number of carbonyl (C=O) groups is 1. The minimum Gasteiger partial charge on any atom is -0.396 e. The van der Waals surface area contributed by atoms with Crippen molar-refractivity contribution in [1.82, 2.24) is 15.5 Å². The molecule has 1 saturated carbocycles. The van der Waals surface area contributed by atoms with E-state index in [0.29, 0.717) is 18.9 Å². The van der Waals surface area contributed by atoms with Gasteiger partial charge in [-0.25, -0.2) is 0 Å². The number of hydrogen-bond donors (Lipinski definition) is 3. The van der Waals surface area contributed by atoms with Crippen LogP contribution in [0.15, 0.2) is 4.99 Å². The van der Waals surface area contributed by atoms with E-state index in [-0.39, 0.29) is 17.9 Å². The highest BCUT2D eigenvalue weighted by Crippen LogP contribution is 2.39. The standard InChI is InChI=1S/C21H40N4O2/c1-3-22-20(24-17-21(12-15-26)10-5-4-6-11-21)23-13-9-19(27)25-14-7-8-18(2)16-25/h18,26H,3-17H2,1-2H3,(H2,22,23,24). The van der Waals surface area contributed by atoms with Gasteiger partial charge in [0, 0.05) is 45.8 Å². The van der Waals surface area contributed by atoms with Crippen molar-refractivity contribution >= 4 is 11.9 Å². The van der Waals surface area contributed by atoms with Crippen molar-refractivity contribution in [2.75, 3.05) is 39.3 Å². The summed E-state index contributed by atoms with van der Waals surface area (Å²) in [7, 11) is 0. The molecular weight excluding hydrogens is 340 g/mol. The predicted molar refractivity (Wildman–Crippen MR) is 111 cm³/mol. The van der Waals surface area contributed by atoms with Gasteiger partial charge in [0.2, 0.25) is 5.91 Å². The first-order chi connectivity index (χ1) is 13.1. The summed E-state index contributed by atoms with van der Waals surface area (Å²) in [5, 5.41) is 16.1. The Kier molecular flexibility index (Phi) is 9.39. The monoisotopic (exact) mass is 380 g/mol. The summed E-state index contributed by atoms with van der Waals surface area (Å²) in [6, 6.07) is 0. The highest BCUT2D eigenvalue weighted by molar-refractivity contribution is 5.81. The number of carbonyl (C=O) groups excluding carboxylic acids is 1. The van der Waals surface area contributed by atoms with E-state index < -0.39 is 0 Å². The number of likely N-dealkylation sites (tertiary alicyclic amines) is 1. The summed E-state index contributed by atoms with van der Waals surface area (Å²) in [4.78, 5) is 19.2. The second kappa shape index (κ2) is 11.5. The van der Waals surface area contributed by atoms with Crippen LogP contribution in [0.4, 0.5) is 0 Å². The van der Waals surface area contributed by atoms with Gasteiger partial charge >= 0.3 is 0 Å². The second-order valence-electron chi connectivity index (χ2n) is 8.49. The molecule has 1 atom stereocenters. The van der Waals surface area contributed by atoms with Crippen molar-refractivity contribution in [3.63, 3.8) is 0 Å². The molecular formula is C21H40N4O2. The molecule has 2 aliphatic rings. The van der Waals surface area contributed by atoms with Crippen molar-refractivity contribution in [1.29, 1.82) is 0 Å². The molecule has 0 radical (unpaired) electrons. The molecule has 1 aliphatic carbocycles. The smallest absolute Gasteiger partial charge is 0.224 e. The molecule has 6 nitrogen and oxygen atoms in total. The molecule has 156 valence electrons. The molecule has 1 aliphatic heterocycles. The third kappa shape index (κ3) is 7.32. The lowest BCUT2D eigenvalue weighted by molar-refractivity contribution is -0.132. The Hall–Kier alpha value is -1.30. The van der Waals surface area contributed by atoms with E-state index in [1.807, 2.05) is 4.90 Å². The zero-order valence-electron chi connectivity index (χ0n) is 17.4. The van der Waals surface area contributed by atoms with Crippen LogP contribution >= 0.6 is 0 Å². The molecule has 0 bridgehead atoms. The van der Waals surface area contributed by atoms with E-state index in [1.54, 1.807) is 0 Å². The molecule has 0 aromatic rings. The van der Waals surface area contributed by atoms with Crippen LogP contribution in [0.1, 0.15) is 71.6 Å². The number of aliphatic imine (C=N–C) groups is 1. The van der Waals surface area contributed by atoms with Crippen LogP contribution in [0.5, 0.6) is 0 Å². The Morgan fingerprint density at radius 3 is 2.67 bits per heavy atom. The average molecular weight is 381 g/mol. The fourth-order valence-corrected chi connectivity index (χ4v) is 4.48. The van der Waals surface area contributed by atoms with Gasteiger partial charge < -0.3 is 20.6 Å². The Labute approximate surface area is 165 Å². The lowest BCUT2D eigenvalue weighted by Gasteiger charge is -2.35. The molecule has 0 aromatic carbocycles. The molecule has 0 spiro atoms. The number of guanidine groups is 1. The zero-order valence-corrected chi connectivity index (χ0v) is 17.4. The Morgan fingerprint density at radius 2 is 2.00 bits per heavy atom. The lowest BCUT2D eigenvalue weighted by atomic mass is 9.72. The van der Waals surface area contributed by atoms with Crippen LogP contribution in [0.2, 0.25) is 0 Å². The van der Waals surface area contributed by atoms with Gasteiger partial charge in [-0.15, -0.1) is 0 Å². The number of aliphatic hydroxyl groups excluding tert-OH is 1. The molecule has 3 N–H and O–H groups in total. The predicted octanol–water partition coefficient (Wildman–Crippen LogP) is 2.52. The SMILES string of the molecule is CCNC(=NCC1(CCO)CCCCC1)NCCC(=O)N1CCCC(C)C1. The molecule has 6 heteroatoms. The van der Waals surface area contributed by atoms with Crippen LogP contribution in [-0.4, -0.2) is 61.2 Å². The zero-order chi connectivity index (χ0) is 19.5. The van der Waals surface area contributed by atoms with Crippen molar-refractivity contribution < 1.29 is 9.90 Å². The van der Waals surface area contributed by atoms with Crippen molar-refractivity contribution in [2.24, 2.45) is 16.3 Å². The normalized spacial score (nSPS) is 23.1. The molecule has 2 fully saturated rings. The summed E-state index contributed by atoms with van der Waals surface area (Å²) in [5.41, 5.74) is 0.148. The molecule has 2 rings (SSSR count). The average Bonchev–Trinajstić information content (AvgIpc) is 2.67. The Bertz CT molecular complexity index is 469. The number of nitrogens with one attached hydrogen (secondary N) is 2. The first kappa shape index (κ1) is 22.0. The van der Waals surface area contributed by atoms with E-state index in [9.17, 15) is 9.90 Å². The molecule has 1 heterocycles. The quantitative estimate of drug-likeness (QED) is 0.447. The van der Waals surface area contributed by atoms with Gasteiger partial charge in [-0.1, -0.05) is 26.2 Å². The van der Waals surface area contributed by atoms with Gasteiger partial charge in [0.05, 0.1) is 0 Å². The first-order valence-electron chi connectivity index (χ1n) is 11.0. The Balaban J connectivity index is 1.82. The van der Waals surface area contributed by atoms with Crippen molar-refractivity contribution in [2.45, 2.75) is 71.6 Å². The third-order valence-corrected chi connectivity index (χ3v) is 6.11. The maximum absolute atomic E-state index is 12.4. The van der Waals surface area contributed by atoms with Crippen LogP contribution in [-0.2, 0) is 4.79 Å². The van der Waals surface area contributed by atoms with E-state index >= 15 is 0 Å². The van der Waals surface area contributed by atoms with Gasteiger partial charge in [0.25, 0.3) is 0 Å². The number of rotatable bonds is 8. The van der Waals surface area contributed by atoms with Crippen LogP contribution < -0.4 is 10.6 Å². The van der Waals surface area contributed by atoms with E-state index in [1.165, 1.54) is 25.7 Å². The summed E-state index contributed by atoms with van der Waals surface area (Å²) in [6.45, 7) is 8.49. The van der Waals surface area contributed by atoms with Gasteiger partial charge in [-0.05, 0) is 50.4 Å². The van der Waals surface area contributed by atoms with Gasteiger partial charge in [-0.2, -0.15) is 0 Å². The second-order valence-corrected chi connectivity index (χ2v) is 8.49. The first-order valence-corrected chi connectivity index (χ1v) is 11.0. The largest absolute Gasteiger partial charge is 0.396 e. The number of aliphatic hydroxyl groups is 1. The number of piperidine rings is 1. The van der Waals surface area contributed by atoms with E-state index in [0.717, 1.165) is 57.8 Å². The maximum atomic E-state index is 12.4. The van der Waals surface area contributed by atoms with Crippen molar-refractivity contribution in [3.05, 3.63) is 0 Å². The molecule has 1 amide bonds. The molecule has 1 saturated heterocycles. The van der Waals surface area contributed by atoms with Crippen LogP contribution in [0, 0.1) is 11.3 Å². The van der Waals surface area contributed by atoms with Gasteiger partial charge in [0.15, 0.2) is 5.96 Å². The minimum absolute atomic E-state index is 0.148. The summed E-state index contributed by atoms with van der Waals surface area (Å²) >= 11 is 0. The summed E-state index contributed by atoms with van der Waals surface area (Å²) < 4.78 is 0. The fraction of sp³-hybridized carbons (Fsp3) is 0.905. The van der Waals surface area contributed by atoms with Crippen LogP contribution in [0.25, 0.3) is 0 Å². The summed E-state index contributed by atoms with van der Waals surface area (Å²) in [6.07, 6.45) is 9.79. The molecule has 0 aromatic heterocycles.